The van der Waals surface area contributed by atoms with Crippen LogP contribution in [0.5, 0.6) is 5.88 Å². The highest BCUT2D eigenvalue weighted by Crippen LogP contribution is 2.41. The molecular formula is C23H26BrF2N5O3. The van der Waals surface area contributed by atoms with Gasteiger partial charge in [0.1, 0.15) is 15.9 Å². The summed E-state index contributed by atoms with van der Waals surface area (Å²) in [7, 11) is 1.53. The van der Waals surface area contributed by atoms with Crippen LogP contribution < -0.4 is 15.0 Å². The second-order valence-corrected chi connectivity index (χ2v) is 9.91. The lowest BCUT2D eigenvalue weighted by molar-refractivity contribution is 0.0497. The molecular weight excluding hydrogens is 512 g/mol. The fraction of sp³-hybridized carbons (Fsp3) is 0.435. The highest BCUT2D eigenvalue weighted by Gasteiger charge is 2.28. The van der Waals surface area contributed by atoms with Crippen LogP contribution in [0.25, 0.3) is 22.4 Å². The molecule has 1 amide bonds. The summed E-state index contributed by atoms with van der Waals surface area (Å²) >= 11 is 3.60. The number of methoxy groups -OCH3 is 1. The van der Waals surface area contributed by atoms with Crippen LogP contribution in [0.1, 0.15) is 33.6 Å². The second-order valence-electron chi connectivity index (χ2n) is 9.12. The number of H-pyrrole nitrogens is 1. The normalized spacial score (nSPS) is 15.0. The Morgan fingerprint density at radius 1 is 1.24 bits per heavy atom. The summed E-state index contributed by atoms with van der Waals surface area (Å²) in [4.78, 5) is 26.2. The summed E-state index contributed by atoms with van der Waals surface area (Å²) in [5.41, 5.74) is 1.58. The SMILES string of the molecule is COc1ncc(-c2nc3cc(F)c(F)cc3[nH]2)c(N2CCC(NC(=O)OC(C)(C)C)CC2)c1Br. The van der Waals surface area contributed by atoms with E-state index in [1.807, 2.05) is 20.8 Å². The van der Waals surface area contributed by atoms with Crippen molar-refractivity contribution in [3.63, 3.8) is 0 Å². The molecule has 3 aromatic rings. The summed E-state index contributed by atoms with van der Waals surface area (Å²) in [5, 5.41) is 2.93. The number of aromatic amines is 1. The van der Waals surface area contributed by atoms with Gasteiger partial charge >= 0.3 is 6.09 Å². The van der Waals surface area contributed by atoms with Crippen LogP contribution >= 0.6 is 15.9 Å². The Kier molecular flexibility index (Phi) is 6.66. The van der Waals surface area contributed by atoms with Gasteiger partial charge in [0, 0.05) is 37.5 Å². The Bertz CT molecular complexity index is 1180. The van der Waals surface area contributed by atoms with Gasteiger partial charge in [-0.25, -0.2) is 23.5 Å². The lowest BCUT2D eigenvalue weighted by Crippen LogP contribution is -2.46. The maximum atomic E-state index is 13.7. The Labute approximate surface area is 204 Å². The molecule has 1 fully saturated rings. The lowest BCUT2D eigenvalue weighted by Gasteiger charge is -2.35. The van der Waals surface area contributed by atoms with Gasteiger partial charge < -0.3 is 24.7 Å². The number of pyridine rings is 1. The van der Waals surface area contributed by atoms with Crippen molar-refractivity contribution in [3.05, 3.63) is 34.4 Å². The van der Waals surface area contributed by atoms with Gasteiger partial charge in [-0.05, 0) is 49.5 Å². The molecule has 0 radical (unpaired) electrons. The van der Waals surface area contributed by atoms with E-state index < -0.39 is 23.3 Å². The van der Waals surface area contributed by atoms with Crippen LogP contribution in [0.2, 0.25) is 0 Å². The number of rotatable bonds is 4. The largest absolute Gasteiger partial charge is 0.480 e. The summed E-state index contributed by atoms with van der Waals surface area (Å²) in [6, 6.07) is 2.12. The molecule has 34 heavy (non-hydrogen) atoms. The summed E-state index contributed by atoms with van der Waals surface area (Å²) in [5.74, 6) is -1.07. The number of nitrogens with zero attached hydrogens (tertiary/aromatic N) is 3. The molecule has 0 saturated carbocycles. The van der Waals surface area contributed by atoms with Crippen molar-refractivity contribution in [2.45, 2.75) is 45.3 Å². The first kappa shape index (κ1) is 24.2. The van der Waals surface area contributed by atoms with Crippen molar-refractivity contribution in [2.24, 2.45) is 0 Å². The van der Waals surface area contributed by atoms with Gasteiger partial charge in [-0.3, -0.25) is 0 Å². The Morgan fingerprint density at radius 2 is 1.91 bits per heavy atom. The van der Waals surface area contributed by atoms with Crippen molar-refractivity contribution < 1.29 is 23.0 Å². The van der Waals surface area contributed by atoms with Gasteiger partial charge in [-0.1, -0.05) is 0 Å². The summed E-state index contributed by atoms with van der Waals surface area (Å²) < 4.78 is 38.8. The first-order valence-electron chi connectivity index (χ1n) is 10.9. The third-order valence-electron chi connectivity index (χ3n) is 5.47. The fourth-order valence-electron chi connectivity index (χ4n) is 3.94. The number of amides is 1. The Hall–Kier alpha value is -2.95. The molecule has 1 aromatic carbocycles. The number of fused-ring (bicyclic) bond motifs is 1. The predicted octanol–water partition coefficient (Wildman–Crippen LogP) is 5.17. The molecule has 1 aliphatic rings. The van der Waals surface area contributed by atoms with E-state index in [0.29, 0.717) is 58.7 Å². The molecule has 2 aromatic heterocycles. The molecule has 0 unspecified atom stereocenters. The highest BCUT2D eigenvalue weighted by molar-refractivity contribution is 9.10. The minimum atomic E-state index is -0.959. The molecule has 1 aliphatic heterocycles. The van der Waals surface area contributed by atoms with E-state index in [4.69, 9.17) is 9.47 Å². The molecule has 0 bridgehead atoms. The van der Waals surface area contributed by atoms with Crippen molar-refractivity contribution in [2.75, 3.05) is 25.1 Å². The van der Waals surface area contributed by atoms with Crippen molar-refractivity contribution in [3.8, 4) is 17.3 Å². The molecule has 182 valence electrons. The van der Waals surface area contributed by atoms with Crippen molar-refractivity contribution in [1.29, 1.82) is 0 Å². The molecule has 1 saturated heterocycles. The highest BCUT2D eigenvalue weighted by atomic mass is 79.9. The number of ether oxygens (including phenoxy) is 2. The number of piperidine rings is 1. The smallest absolute Gasteiger partial charge is 0.407 e. The van der Waals surface area contributed by atoms with Crippen LogP contribution in [0.4, 0.5) is 19.3 Å². The van der Waals surface area contributed by atoms with Gasteiger partial charge in [0.05, 0.1) is 29.4 Å². The average molecular weight is 538 g/mol. The fourth-order valence-corrected chi connectivity index (χ4v) is 4.67. The van der Waals surface area contributed by atoms with E-state index in [2.05, 4.69) is 41.1 Å². The molecule has 2 N–H and O–H groups in total. The molecule has 3 heterocycles. The van der Waals surface area contributed by atoms with Gasteiger partial charge in [0.2, 0.25) is 5.88 Å². The molecule has 0 atom stereocenters. The van der Waals surface area contributed by atoms with E-state index in [1.165, 1.54) is 7.11 Å². The molecule has 0 spiro atoms. The summed E-state index contributed by atoms with van der Waals surface area (Å²) in [6.45, 7) is 6.76. The van der Waals surface area contributed by atoms with Crippen LogP contribution in [-0.2, 0) is 4.74 Å². The molecule has 0 aliphatic carbocycles. The predicted molar refractivity (Wildman–Crippen MR) is 128 cm³/mol. The van der Waals surface area contributed by atoms with Crippen LogP contribution in [0.15, 0.2) is 22.8 Å². The number of aromatic nitrogens is 3. The Balaban J connectivity index is 1.61. The van der Waals surface area contributed by atoms with Crippen molar-refractivity contribution in [1.82, 2.24) is 20.3 Å². The van der Waals surface area contributed by atoms with E-state index in [1.54, 1.807) is 6.20 Å². The minimum absolute atomic E-state index is 0.0193. The number of anilines is 1. The van der Waals surface area contributed by atoms with Crippen molar-refractivity contribution >= 4 is 38.7 Å². The number of hydrogen-bond acceptors (Lipinski definition) is 6. The first-order valence-corrected chi connectivity index (χ1v) is 11.7. The molecule has 11 heteroatoms. The number of carbonyl (C=O) groups excluding carboxylic acids is 1. The minimum Gasteiger partial charge on any atom is -0.480 e. The zero-order chi connectivity index (χ0) is 24.6. The number of alkyl carbamates (subject to hydrolysis) is 1. The number of halogens is 3. The van der Waals surface area contributed by atoms with Gasteiger partial charge in [-0.15, -0.1) is 0 Å². The van der Waals surface area contributed by atoms with Gasteiger partial charge in [0.15, 0.2) is 11.6 Å². The number of carbonyl (C=O) groups is 1. The zero-order valence-electron chi connectivity index (χ0n) is 19.3. The van der Waals surface area contributed by atoms with Crippen LogP contribution in [0.3, 0.4) is 0 Å². The van der Waals surface area contributed by atoms with E-state index in [0.717, 1.165) is 17.8 Å². The second kappa shape index (κ2) is 9.36. The maximum absolute atomic E-state index is 13.7. The number of imidazole rings is 1. The number of hydrogen-bond donors (Lipinski definition) is 2. The van der Waals surface area contributed by atoms with E-state index >= 15 is 0 Å². The average Bonchev–Trinajstić information content (AvgIpc) is 3.15. The molecule has 8 nitrogen and oxygen atoms in total. The van der Waals surface area contributed by atoms with E-state index in [-0.39, 0.29) is 6.04 Å². The van der Waals surface area contributed by atoms with Gasteiger partial charge in [0.25, 0.3) is 0 Å². The third-order valence-corrected chi connectivity index (χ3v) is 6.18. The monoisotopic (exact) mass is 537 g/mol. The van der Waals surface area contributed by atoms with Crippen LogP contribution in [-0.4, -0.2) is 52.9 Å². The maximum Gasteiger partial charge on any atom is 0.407 e. The topological polar surface area (TPSA) is 92.4 Å². The lowest BCUT2D eigenvalue weighted by atomic mass is 10.0. The quantitative estimate of drug-likeness (QED) is 0.477. The number of nitrogens with one attached hydrogen (secondary N) is 2. The first-order chi connectivity index (χ1) is 16.1. The number of benzene rings is 1. The molecule has 4 rings (SSSR count). The summed E-state index contributed by atoms with van der Waals surface area (Å²) in [6.07, 6.45) is 2.59. The van der Waals surface area contributed by atoms with Gasteiger partial charge in [-0.2, -0.15) is 0 Å². The van der Waals surface area contributed by atoms with E-state index in [9.17, 15) is 13.6 Å². The Morgan fingerprint density at radius 3 is 2.56 bits per heavy atom. The third kappa shape index (κ3) is 5.08. The van der Waals surface area contributed by atoms with Crippen LogP contribution in [0, 0.1) is 11.6 Å². The standard InChI is InChI=1S/C23H26BrF2N5O3/c1-23(2,3)34-22(32)28-12-5-7-31(8-6-12)19-13(11-27-21(33-4)18(19)24)20-29-16-9-14(25)15(26)10-17(16)30-20/h9-12H,5-8H2,1-4H3,(H,28,32)(H,29,30). The zero-order valence-corrected chi connectivity index (χ0v) is 20.9.